The van der Waals surface area contributed by atoms with Crippen molar-refractivity contribution in [3.05, 3.63) is 158 Å². The summed E-state index contributed by atoms with van der Waals surface area (Å²) in [4.78, 5) is 172. The van der Waals surface area contributed by atoms with Crippen LogP contribution in [0.25, 0.3) is 0 Å². The number of nitro benzene ring substituents is 3. The van der Waals surface area contributed by atoms with Crippen LogP contribution >= 0.6 is 36.7 Å². The molecule has 0 radical (unpaired) electrons. The molecule has 53 heteroatoms. The molecule has 3 aliphatic rings. The number of methoxy groups -OCH3 is 3. The zero-order valence-electron chi connectivity index (χ0n) is 75.9. The van der Waals surface area contributed by atoms with E-state index in [4.69, 9.17) is 137 Å². The molecule has 736 valence electrons. The molecule has 15 atom stereocenters. The summed E-state index contributed by atoms with van der Waals surface area (Å²) in [5.41, 5.74) is -0.326. The van der Waals surface area contributed by atoms with Crippen LogP contribution in [0.3, 0.4) is 0 Å². The number of ether oxygens (including phenoxy) is 17. The molecule has 134 heavy (non-hydrogen) atoms. The molecule has 5 N–H and O–H groups in total. The maximum Gasteiger partial charge on any atom is 0.335 e. The van der Waals surface area contributed by atoms with Gasteiger partial charge in [0.1, 0.15) is 32.2 Å². The number of hydrogen-bond donors (Lipinski definition) is 5. The number of carbonyl (C=O) groups excluding carboxylic acids is 10. The van der Waals surface area contributed by atoms with Gasteiger partial charge in [0.2, 0.25) is 37.2 Å². The summed E-state index contributed by atoms with van der Waals surface area (Å²) in [7, 11) is 10.9. The number of carboxylic acid groups (broad SMARTS) is 2. The number of aliphatic carboxylic acids is 2. The molecule has 3 fully saturated rings. The first kappa shape index (κ1) is 115. The number of aromatic nitrogens is 6. The van der Waals surface area contributed by atoms with Crippen LogP contribution in [0.1, 0.15) is 92.9 Å². The SMILES string of the molecule is CC(=O)O.CC(=O)[O-].CNCCN(C)C(=S)OCc1ccc(O[C@@H]2O[C@H](C(=O)OC)[C@@H](C)[C@H](OC(C)=O)[C@H]2OC(C)=O)c([N+](=O)[O-])c1.CNCCNC.COC(=O)[C@H]1O[C@@H](Oc2ccc(CO)cc2[N+](=O)[O-])[C@H](OC(C)=O)[C@@H](OC(C)=O)[C@@H]1C.COC(=O)[C@H]1O[C@@H](Oc2ccc(COC(=S)n3ccnc3)cc2[N+](=O)[O-])[C@H](OC(C)=O)[C@@H](OC(C)=O)[C@@H]1C.S=C(n1ccnc1)n1ccnc1. The van der Waals surface area contributed by atoms with Crippen molar-refractivity contribution in [1.29, 1.82) is 0 Å². The predicted molar refractivity (Wildman–Crippen MR) is 469 cm³/mol. The Morgan fingerprint density at radius 2 is 0.739 bits per heavy atom. The van der Waals surface area contributed by atoms with Crippen LogP contribution in [0.5, 0.6) is 17.2 Å². The Hall–Kier alpha value is -13.6. The highest BCUT2D eigenvalue weighted by molar-refractivity contribution is 7.80. The molecule has 3 aromatic carbocycles. The number of aliphatic hydroxyl groups excluding tert-OH is 1. The molecule has 0 saturated carbocycles. The van der Waals surface area contributed by atoms with E-state index in [1.807, 2.05) is 14.1 Å². The largest absolute Gasteiger partial charge is 0.550 e. The normalized spacial score (nSPS) is 20.4. The van der Waals surface area contributed by atoms with E-state index >= 15 is 0 Å². The first-order valence-corrected chi connectivity index (χ1v) is 41.0. The quantitative estimate of drug-likeness (QED) is 0.0112. The van der Waals surface area contributed by atoms with Crippen LogP contribution in [0, 0.1) is 48.1 Å². The number of thiocarbonyl (C=S) groups is 3. The molecular formula is C81H106N13O37S3-. The Morgan fingerprint density at radius 3 is 1.00 bits per heavy atom. The van der Waals surface area contributed by atoms with Crippen LogP contribution in [0.15, 0.2) is 111 Å². The summed E-state index contributed by atoms with van der Waals surface area (Å²) in [6.45, 7) is 16.2. The molecule has 6 heterocycles. The second-order valence-electron chi connectivity index (χ2n) is 28.1. The average molecular weight is 1950 g/mol. The molecule has 0 bridgehead atoms. The fraction of sp³-hybridized carbons (Fsp3) is 0.494. The van der Waals surface area contributed by atoms with E-state index in [0.29, 0.717) is 29.3 Å². The van der Waals surface area contributed by atoms with Crippen LogP contribution < -0.4 is 35.3 Å². The first-order valence-electron chi connectivity index (χ1n) is 39.8. The number of nitro groups is 3. The molecule has 3 aromatic heterocycles. The second kappa shape index (κ2) is 58.4. The number of nitrogens with one attached hydrogen (secondary N) is 3. The van der Waals surface area contributed by atoms with Crippen molar-refractivity contribution in [1.82, 2.24) is 49.5 Å². The zero-order chi connectivity index (χ0) is 101. The van der Waals surface area contributed by atoms with Crippen molar-refractivity contribution < 1.29 is 163 Å². The van der Waals surface area contributed by atoms with Gasteiger partial charge in [-0.3, -0.25) is 77.6 Å². The van der Waals surface area contributed by atoms with Gasteiger partial charge in [0.05, 0.1) is 42.7 Å². The number of carboxylic acids is 2. The van der Waals surface area contributed by atoms with E-state index in [1.165, 1.54) is 79.5 Å². The third-order valence-electron chi connectivity index (χ3n) is 17.8. The summed E-state index contributed by atoms with van der Waals surface area (Å²) < 4.78 is 96.4. The van der Waals surface area contributed by atoms with Gasteiger partial charge in [-0.25, -0.2) is 29.3 Å². The molecule has 3 saturated heterocycles. The lowest BCUT2D eigenvalue weighted by Gasteiger charge is -2.42. The Morgan fingerprint density at radius 1 is 0.463 bits per heavy atom. The molecule has 0 unspecified atom stereocenters. The molecule has 9 rings (SSSR count). The van der Waals surface area contributed by atoms with Crippen LogP contribution in [-0.4, -0.2) is 289 Å². The lowest BCUT2D eigenvalue weighted by molar-refractivity contribution is -0.387. The van der Waals surface area contributed by atoms with E-state index in [2.05, 4.69) is 30.9 Å². The summed E-state index contributed by atoms with van der Waals surface area (Å²) in [6.07, 6.45) is -1.32. The number of hydrogen-bond acceptors (Lipinski definition) is 45. The zero-order valence-corrected chi connectivity index (χ0v) is 78.3. The van der Waals surface area contributed by atoms with Crippen molar-refractivity contribution in [2.75, 3.05) is 75.7 Å². The summed E-state index contributed by atoms with van der Waals surface area (Å²) in [5, 5.41) is 70.7. The number of benzene rings is 3. The van der Waals surface area contributed by atoms with Gasteiger partial charge in [-0.2, -0.15) is 0 Å². The van der Waals surface area contributed by atoms with E-state index in [1.54, 1.807) is 78.7 Å². The smallest absolute Gasteiger partial charge is 0.335 e. The Labute approximate surface area is 782 Å². The highest BCUT2D eigenvalue weighted by Crippen LogP contribution is 2.40. The average Bonchev–Trinajstić information content (AvgIpc) is 0.962. The van der Waals surface area contributed by atoms with Crippen molar-refractivity contribution in [3.63, 3.8) is 0 Å². The van der Waals surface area contributed by atoms with E-state index in [0.717, 1.165) is 95.9 Å². The summed E-state index contributed by atoms with van der Waals surface area (Å²) in [5.74, 6) is -11.9. The minimum absolute atomic E-state index is 0.0453. The van der Waals surface area contributed by atoms with Gasteiger partial charge in [0.25, 0.3) is 16.3 Å². The van der Waals surface area contributed by atoms with Gasteiger partial charge in [-0.15, -0.1) is 0 Å². The summed E-state index contributed by atoms with van der Waals surface area (Å²) in [6, 6.07) is 11.8. The maximum absolute atomic E-state index is 12.4. The molecule has 0 aliphatic carbocycles. The van der Waals surface area contributed by atoms with Gasteiger partial charge in [-0.1, -0.05) is 39.0 Å². The minimum atomic E-state index is -1.57. The molecular weight excluding hydrogens is 1840 g/mol. The van der Waals surface area contributed by atoms with Crippen LogP contribution in [0.4, 0.5) is 17.1 Å². The predicted octanol–water partition coefficient (Wildman–Crippen LogP) is 3.14. The third kappa shape index (κ3) is 38.0. The highest BCUT2D eigenvalue weighted by atomic mass is 32.1. The van der Waals surface area contributed by atoms with Crippen molar-refractivity contribution >= 4 is 135 Å². The molecule has 0 amide bonds. The lowest BCUT2D eigenvalue weighted by atomic mass is 9.90. The van der Waals surface area contributed by atoms with Crippen LogP contribution in [0.2, 0.25) is 0 Å². The number of likely N-dealkylation sites (N-methyl/N-ethyl adjacent to an activating group) is 4. The highest BCUT2D eigenvalue weighted by Gasteiger charge is 2.56. The van der Waals surface area contributed by atoms with E-state index in [9.17, 15) is 78.6 Å². The fourth-order valence-corrected chi connectivity index (χ4v) is 12.3. The Balaban J connectivity index is 0.000000456. The van der Waals surface area contributed by atoms with Crippen molar-refractivity contribution in [2.45, 2.75) is 170 Å². The number of esters is 9. The van der Waals surface area contributed by atoms with Gasteiger partial charge in [-0.05, 0) is 99.6 Å². The summed E-state index contributed by atoms with van der Waals surface area (Å²) >= 11 is 15.5. The molecule has 6 aromatic rings. The number of rotatable bonds is 29. The third-order valence-corrected chi connectivity index (χ3v) is 19.0. The molecule has 3 aliphatic heterocycles. The van der Waals surface area contributed by atoms with Gasteiger partial charge in [0, 0.05) is 161 Å². The maximum atomic E-state index is 12.4. The van der Waals surface area contributed by atoms with E-state index in [-0.39, 0.29) is 46.4 Å². The number of nitrogens with zero attached hydrogens (tertiary/aromatic N) is 10. The minimum Gasteiger partial charge on any atom is -0.550 e. The molecule has 0 spiro atoms. The van der Waals surface area contributed by atoms with Crippen molar-refractivity contribution in [3.8, 4) is 17.2 Å². The standard InChI is InChI=1S/C24H33N3O11S.C23H25N3O11S.C19H23NO11.C7H6N4S.C4H12N2.2C2H4O2/c1-13-19(35-14(2)28)21(36-15(3)29)23(38-20(13)22(30)33-6)37-18-8-7-16(11-17(18)27(31)32)12-34-24(39)26(5)10-9-25-4;1-12-18(34-13(2)27)20(35-14(3)28)22(37-19(12)21(29)32-4)36-17-6-5-15(9-16(17)26(30)31)10-33-23(38)25-8-7-24-11-25;1-9-15(28-10(2)22)17(29-11(3)23)19(31-16(9)18(24)27-4)30-14-6-5-12(8-21)7-13(14)20(25)26;12-7(10-3-1-8-5-10)11-4-2-9-6-11;1-5-3-4-6-2;2*1-2(3)4/h7-8,11,13,19-21,23,25H,9-10,12H2,1-6H3;5-9,11-12,18-20,22H,10H2,1-4H3;5-7,9,15-17,19,21H,8H2,1-4H3;1-6H;5-6H,3-4H2,1-2H3;2*1H3,(H,3,4)/p-1/t13-,19-,20-,21+,23+;12-,18-,19-,20+,22+;9-,15-,16-,17+,19+;;;;/m000..../s1. The van der Waals surface area contributed by atoms with Crippen LogP contribution in [-0.2, 0) is 139 Å². The van der Waals surface area contributed by atoms with Gasteiger partial charge < -0.3 is 121 Å². The lowest BCUT2D eigenvalue weighted by Crippen LogP contribution is -2.60. The second-order valence-corrected chi connectivity index (χ2v) is 29.2. The Kier molecular flexibility index (Phi) is 49.9. The fourth-order valence-electron chi connectivity index (χ4n) is 11.8. The number of carbonyl (C=O) groups is 11. The first-order chi connectivity index (χ1) is 63.2. The van der Waals surface area contributed by atoms with E-state index < -0.39 is 196 Å². The Bertz CT molecular complexity index is 4860. The number of imidazole rings is 3. The topological polar surface area (TPSA) is 630 Å². The monoisotopic (exact) mass is 1950 g/mol. The molecule has 50 nitrogen and oxygen atoms in total. The number of aliphatic hydroxyl groups is 1. The van der Waals surface area contributed by atoms with Crippen molar-refractivity contribution in [2.24, 2.45) is 17.8 Å². The van der Waals surface area contributed by atoms with Gasteiger partial charge in [0.15, 0.2) is 59.0 Å². The van der Waals surface area contributed by atoms with Gasteiger partial charge >= 0.3 is 70.8 Å².